The van der Waals surface area contributed by atoms with Crippen LogP contribution in [0.15, 0.2) is 34.0 Å². The Bertz CT molecular complexity index is 1560. The van der Waals surface area contributed by atoms with Crippen molar-refractivity contribution in [2.24, 2.45) is 5.92 Å². The number of hydrogen-bond acceptors (Lipinski definition) is 4. The molecule has 1 amide bonds. The predicted molar refractivity (Wildman–Crippen MR) is 153 cm³/mol. The van der Waals surface area contributed by atoms with Gasteiger partial charge in [0.25, 0.3) is 17.4 Å². The van der Waals surface area contributed by atoms with Gasteiger partial charge in [-0.05, 0) is 82.9 Å². The number of rotatable bonds is 8. The molecule has 0 aliphatic heterocycles. The van der Waals surface area contributed by atoms with Crippen molar-refractivity contribution >= 4 is 28.6 Å². The molecule has 0 bridgehead atoms. The van der Waals surface area contributed by atoms with Crippen molar-refractivity contribution in [2.45, 2.75) is 94.7 Å². The second-order valence-corrected chi connectivity index (χ2v) is 12.1. The first-order valence-corrected chi connectivity index (χ1v) is 15.0. The molecule has 40 heavy (non-hydrogen) atoms. The van der Waals surface area contributed by atoms with Crippen molar-refractivity contribution in [2.75, 3.05) is 6.26 Å². The number of halogens is 3. The highest BCUT2D eigenvalue weighted by molar-refractivity contribution is 7.98. The zero-order valence-corrected chi connectivity index (χ0v) is 24.0. The van der Waals surface area contributed by atoms with Crippen LogP contribution in [0.25, 0.3) is 10.9 Å². The molecule has 3 aromatic rings. The molecule has 0 saturated heterocycles. The number of pyridine rings is 1. The average molecular weight is 577 g/mol. The van der Waals surface area contributed by atoms with Crippen LogP contribution in [0.1, 0.15) is 81.5 Å². The summed E-state index contributed by atoms with van der Waals surface area (Å²) in [5.41, 5.74) is 1.17. The van der Waals surface area contributed by atoms with E-state index in [9.17, 15) is 22.8 Å². The number of H-pyrrole nitrogens is 1. The number of aryl methyl sites for hydroxylation is 1. The molecule has 6 nitrogen and oxygen atoms in total. The monoisotopic (exact) mass is 576 g/mol. The van der Waals surface area contributed by atoms with E-state index in [4.69, 9.17) is 2.74 Å². The lowest BCUT2D eigenvalue weighted by atomic mass is 9.80. The van der Waals surface area contributed by atoms with E-state index in [0.29, 0.717) is 27.2 Å². The number of fused-ring (bicyclic) bond motifs is 1. The Hall–Kier alpha value is -2.72. The summed E-state index contributed by atoms with van der Waals surface area (Å²) in [6.07, 6.45) is 5.00. The molecule has 216 valence electrons. The Morgan fingerprint density at radius 3 is 2.55 bits per heavy atom. The predicted octanol–water partition coefficient (Wildman–Crippen LogP) is 6.24. The van der Waals surface area contributed by atoms with E-state index in [1.54, 1.807) is 32.2 Å². The summed E-state index contributed by atoms with van der Waals surface area (Å²) in [6.45, 7) is 3.05. The van der Waals surface area contributed by atoms with Gasteiger partial charge in [-0.1, -0.05) is 0 Å². The van der Waals surface area contributed by atoms with Gasteiger partial charge < -0.3 is 20.2 Å². The highest BCUT2D eigenvalue weighted by atomic mass is 32.2. The van der Waals surface area contributed by atoms with Crippen LogP contribution in [0, 0.1) is 25.6 Å². The van der Waals surface area contributed by atoms with Gasteiger partial charge in [-0.2, -0.15) is 0 Å². The molecule has 0 radical (unpaired) electrons. The molecule has 1 unspecified atom stereocenters. The van der Waals surface area contributed by atoms with Crippen molar-refractivity contribution in [1.29, 1.82) is 0 Å². The molecule has 2 aliphatic carbocycles. The van der Waals surface area contributed by atoms with E-state index >= 15 is 0 Å². The minimum absolute atomic E-state index is 0.0479. The summed E-state index contributed by atoms with van der Waals surface area (Å²) in [5.74, 6) is -3.55. The topological polar surface area (TPSA) is 78.9 Å². The van der Waals surface area contributed by atoms with Crippen LogP contribution in [0.3, 0.4) is 0 Å². The summed E-state index contributed by atoms with van der Waals surface area (Å²) in [4.78, 5) is 29.5. The Balaban J connectivity index is 1.40. The number of alkyl halides is 2. The lowest BCUT2D eigenvalue weighted by Gasteiger charge is -2.41. The highest BCUT2D eigenvalue weighted by Gasteiger charge is 2.46. The van der Waals surface area contributed by atoms with E-state index in [-0.39, 0.29) is 48.0 Å². The minimum atomic E-state index is -2.55. The fourth-order valence-corrected chi connectivity index (χ4v) is 7.08. The van der Waals surface area contributed by atoms with Crippen molar-refractivity contribution in [3.63, 3.8) is 0 Å². The Morgan fingerprint density at radius 1 is 1.20 bits per heavy atom. The second kappa shape index (κ2) is 11.3. The maximum atomic E-state index is 14.5. The average Bonchev–Trinajstić information content (AvgIpc) is 3.17. The number of aromatic nitrogens is 2. The molecule has 1 atom stereocenters. The van der Waals surface area contributed by atoms with Crippen molar-refractivity contribution in [1.82, 2.24) is 20.2 Å². The number of nitrogens with one attached hydrogen (secondary N) is 3. The molecule has 2 aromatic heterocycles. The van der Waals surface area contributed by atoms with Crippen LogP contribution >= 0.6 is 11.8 Å². The smallest absolute Gasteiger partial charge is 0.254 e. The largest absolute Gasteiger partial charge is 0.348 e. The third-order valence-electron chi connectivity index (χ3n) is 8.51. The van der Waals surface area contributed by atoms with Crippen LogP contribution in [-0.2, 0) is 6.50 Å². The first kappa shape index (κ1) is 26.2. The number of carbonyl (C=O) groups excluding carboxylic acids is 1. The van der Waals surface area contributed by atoms with Crippen LogP contribution in [-0.4, -0.2) is 39.7 Å². The summed E-state index contributed by atoms with van der Waals surface area (Å²) in [5, 5.41) is 6.17. The fourth-order valence-electron chi connectivity index (χ4n) is 6.44. The van der Waals surface area contributed by atoms with Crippen molar-refractivity contribution in [3.8, 4) is 0 Å². The number of carbonyl (C=O) groups is 1. The summed E-state index contributed by atoms with van der Waals surface area (Å²) in [7, 11) is 0. The van der Waals surface area contributed by atoms with Gasteiger partial charge in [0.2, 0.25) is 0 Å². The zero-order valence-electron chi connectivity index (χ0n) is 25.2. The van der Waals surface area contributed by atoms with E-state index in [1.807, 2.05) is 4.57 Å². The molecule has 5 rings (SSSR count). The maximum Gasteiger partial charge on any atom is 0.254 e. The minimum Gasteiger partial charge on any atom is -0.348 e. The van der Waals surface area contributed by atoms with Crippen LogP contribution in [0.4, 0.5) is 13.2 Å². The third-order valence-corrected chi connectivity index (χ3v) is 9.28. The van der Waals surface area contributed by atoms with E-state index in [0.717, 1.165) is 25.7 Å². The molecule has 2 saturated carbocycles. The standard InChI is InChI=1S/C30H37F3N4O2S/c1-16-11-26(40-4)24(28(38)35-16)15-34-29(39)27-18(3)37(25-10-7-20(31)12-23(25)27)17(2)19-5-8-21(9-6-19)36-22-13-30(32,33)14-22/h7,10-12,17,19,21-22,36H,5-6,8-9,13-15H2,1-4H3,(H,34,39)(H,35,38)/i15D2. The van der Waals surface area contributed by atoms with Gasteiger partial charge in [-0.25, -0.2) is 13.2 Å². The summed E-state index contributed by atoms with van der Waals surface area (Å²) < 4.78 is 60.3. The SMILES string of the molecule is [2H]C([2H])(NC(=O)c1c(C)n(C(C)C2CCC(NC3CC(F)(F)C3)CC2)c2ccc(F)cc12)c1c(SC)cc(C)[nH]c1=O. The maximum absolute atomic E-state index is 14.5. The molecule has 2 aliphatic rings. The number of benzene rings is 1. The van der Waals surface area contributed by atoms with Gasteiger partial charge in [-0.15, -0.1) is 11.8 Å². The van der Waals surface area contributed by atoms with E-state index < -0.39 is 29.7 Å². The first-order valence-electron chi connectivity index (χ1n) is 14.8. The van der Waals surface area contributed by atoms with Crippen LogP contribution < -0.4 is 16.2 Å². The van der Waals surface area contributed by atoms with Crippen LogP contribution in [0.2, 0.25) is 0 Å². The van der Waals surface area contributed by atoms with Gasteiger partial charge in [-0.3, -0.25) is 9.59 Å². The molecule has 2 heterocycles. The Morgan fingerprint density at radius 2 is 1.90 bits per heavy atom. The molecule has 0 spiro atoms. The van der Waals surface area contributed by atoms with Gasteiger partial charge in [0.15, 0.2) is 0 Å². The normalized spacial score (nSPS) is 22.9. The number of aromatic amines is 1. The quantitative estimate of drug-likeness (QED) is 0.277. The van der Waals surface area contributed by atoms with Gasteiger partial charge in [0.1, 0.15) is 5.82 Å². The van der Waals surface area contributed by atoms with Crippen molar-refractivity contribution in [3.05, 3.63) is 63.0 Å². The highest BCUT2D eigenvalue weighted by Crippen LogP contribution is 2.41. The number of amides is 1. The van der Waals surface area contributed by atoms with Crippen molar-refractivity contribution < 1.29 is 20.7 Å². The molecule has 2 fully saturated rings. The lowest BCUT2D eigenvalue weighted by molar-refractivity contribution is -0.0957. The molecular weight excluding hydrogens is 537 g/mol. The number of hydrogen-bond donors (Lipinski definition) is 3. The Labute approximate surface area is 239 Å². The van der Waals surface area contributed by atoms with Gasteiger partial charge in [0, 0.05) is 70.2 Å². The molecular formula is C30H37F3N4O2S. The summed E-state index contributed by atoms with van der Waals surface area (Å²) >= 11 is 1.21. The summed E-state index contributed by atoms with van der Waals surface area (Å²) in [6, 6.07) is 5.95. The van der Waals surface area contributed by atoms with Gasteiger partial charge in [0.05, 0.1) is 8.30 Å². The lowest BCUT2D eigenvalue weighted by Crippen LogP contribution is -2.52. The van der Waals surface area contributed by atoms with E-state index in [1.165, 1.54) is 23.9 Å². The third kappa shape index (κ3) is 5.70. The zero-order chi connectivity index (χ0) is 30.6. The van der Waals surface area contributed by atoms with E-state index in [2.05, 4.69) is 22.5 Å². The second-order valence-electron chi connectivity index (χ2n) is 11.3. The number of thioether (sulfide) groups is 1. The fraction of sp³-hybridized carbons (Fsp3) is 0.533. The molecule has 10 heteroatoms. The Kier molecular flexibility index (Phi) is 7.39. The molecule has 1 aromatic carbocycles. The van der Waals surface area contributed by atoms with Crippen LogP contribution in [0.5, 0.6) is 0 Å². The first-order chi connectivity index (χ1) is 19.7. The van der Waals surface area contributed by atoms with Gasteiger partial charge >= 0.3 is 0 Å². The number of nitrogens with zero attached hydrogens (tertiary/aromatic N) is 1. The molecule has 3 N–H and O–H groups in total.